The SMILES string of the molecule is CCCCCCCCCCCC(=O)ON.[H-].[Na+]. The first kappa shape index (κ1) is 18.8. The average molecular weight is 239 g/mol. The van der Waals surface area contributed by atoms with Gasteiger partial charge in [-0.15, -0.1) is 0 Å². The van der Waals surface area contributed by atoms with E-state index < -0.39 is 0 Å². The first-order chi connectivity index (χ1) is 7.31. The third-order valence-corrected chi connectivity index (χ3v) is 2.62. The fraction of sp³-hybridized carbons (Fsp3) is 0.917. The van der Waals surface area contributed by atoms with E-state index in [1.54, 1.807) is 0 Å². The van der Waals surface area contributed by atoms with Gasteiger partial charge in [0.2, 0.25) is 0 Å². The van der Waals surface area contributed by atoms with Crippen molar-refractivity contribution < 1.29 is 40.6 Å². The molecule has 0 aliphatic carbocycles. The van der Waals surface area contributed by atoms with Crippen LogP contribution in [0.2, 0.25) is 0 Å². The van der Waals surface area contributed by atoms with Crippen molar-refractivity contribution in [1.82, 2.24) is 0 Å². The van der Waals surface area contributed by atoms with E-state index in [0.29, 0.717) is 6.42 Å². The molecule has 0 saturated heterocycles. The van der Waals surface area contributed by atoms with Gasteiger partial charge in [0.15, 0.2) is 0 Å². The van der Waals surface area contributed by atoms with Gasteiger partial charge in [-0.1, -0.05) is 58.3 Å². The molecule has 0 fully saturated rings. The van der Waals surface area contributed by atoms with Crippen LogP contribution in [0.1, 0.15) is 72.6 Å². The maximum atomic E-state index is 10.7. The molecule has 0 unspecified atom stereocenters. The van der Waals surface area contributed by atoms with E-state index in [-0.39, 0.29) is 37.0 Å². The molecule has 92 valence electrons. The van der Waals surface area contributed by atoms with Crippen LogP contribution in [-0.2, 0) is 9.63 Å². The van der Waals surface area contributed by atoms with Gasteiger partial charge in [-0.25, -0.2) is 0 Å². The van der Waals surface area contributed by atoms with Crippen LogP contribution in [0.25, 0.3) is 0 Å². The number of carbonyl (C=O) groups is 1. The van der Waals surface area contributed by atoms with Crippen LogP contribution in [0, 0.1) is 0 Å². The van der Waals surface area contributed by atoms with Gasteiger partial charge in [0.1, 0.15) is 0 Å². The number of hydrogen-bond acceptors (Lipinski definition) is 3. The second-order valence-corrected chi connectivity index (χ2v) is 4.07. The Morgan fingerprint density at radius 3 is 1.88 bits per heavy atom. The summed E-state index contributed by atoms with van der Waals surface area (Å²) < 4.78 is 0. The Morgan fingerprint density at radius 1 is 1.00 bits per heavy atom. The Morgan fingerprint density at radius 2 is 1.44 bits per heavy atom. The summed E-state index contributed by atoms with van der Waals surface area (Å²) in [6.07, 6.45) is 11.7. The molecule has 0 rings (SSSR count). The molecule has 0 aliphatic heterocycles. The van der Waals surface area contributed by atoms with Gasteiger partial charge in [0.25, 0.3) is 0 Å². The Kier molecular flexibility index (Phi) is 18.1. The third kappa shape index (κ3) is 14.4. The Hall–Kier alpha value is 0.430. The zero-order valence-electron chi connectivity index (χ0n) is 12.0. The molecule has 0 spiro atoms. The van der Waals surface area contributed by atoms with E-state index in [2.05, 4.69) is 11.8 Å². The van der Waals surface area contributed by atoms with E-state index in [0.717, 1.165) is 12.8 Å². The summed E-state index contributed by atoms with van der Waals surface area (Å²) in [6.45, 7) is 2.23. The smallest absolute Gasteiger partial charge is 1.00 e. The number of nitrogens with two attached hydrogens (primary N) is 1. The minimum Gasteiger partial charge on any atom is -1.00 e. The molecule has 2 N–H and O–H groups in total. The maximum absolute atomic E-state index is 10.7. The van der Waals surface area contributed by atoms with Crippen molar-refractivity contribution in [3.63, 3.8) is 0 Å². The first-order valence-electron chi connectivity index (χ1n) is 6.20. The van der Waals surface area contributed by atoms with E-state index in [1.807, 2.05) is 0 Å². The van der Waals surface area contributed by atoms with Crippen molar-refractivity contribution in [3.05, 3.63) is 0 Å². The van der Waals surface area contributed by atoms with Gasteiger partial charge in [-0.3, -0.25) is 4.79 Å². The van der Waals surface area contributed by atoms with Gasteiger partial charge in [-0.05, 0) is 6.42 Å². The molecule has 4 heteroatoms. The predicted octanol–water partition coefficient (Wildman–Crippen LogP) is 0.441. The van der Waals surface area contributed by atoms with E-state index in [9.17, 15) is 4.79 Å². The van der Waals surface area contributed by atoms with Crippen LogP contribution in [-0.4, -0.2) is 5.97 Å². The minimum atomic E-state index is -0.294. The number of carbonyl (C=O) groups excluding carboxylic acids is 1. The predicted molar refractivity (Wildman–Crippen MR) is 63.2 cm³/mol. The standard InChI is InChI=1S/C12H25NO2.Na.H/c1-2-3-4-5-6-7-8-9-10-11-12(14)15-13;;/h2-11,13H2,1H3;;/q;+1;-1. The van der Waals surface area contributed by atoms with Gasteiger partial charge in [0.05, 0.1) is 0 Å². The van der Waals surface area contributed by atoms with Crippen molar-refractivity contribution in [3.8, 4) is 0 Å². The molecule has 0 bridgehead atoms. The molecule has 16 heavy (non-hydrogen) atoms. The molecule has 0 amide bonds. The summed E-state index contributed by atoms with van der Waals surface area (Å²) in [7, 11) is 0. The quantitative estimate of drug-likeness (QED) is 0.342. The van der Waals surface area contributed by atoms with Crippen molar-refractivity contribution in [2.75, 3.05) is 0 Å². The molecular weight excluding hydrogens is 213 g/mol. The van der Waals surface area contributed by atoms with E-state index in [4.69, 9.17) is 5.90 Å². The summed E-state index contributed by atoms with van der Waals surface area (Å²) >= 11 is 0. The van der Waals surface area contributed by atoms with Crippen LogP contribution in [0.5, 0.6) is 0 Å². The molecule has 0 atom stereocenters. The summed E-state index contributed by atoms with van der Waals surface area (Å²) in [5.41, 5.74) is 0. The Balaban J connectivity index is -0.000000980. The first-order valence-corrected chi connectivity index (χ1v) is 6.20. The number of unbranched alkanes of at least 4 members (excludes halogenated alkanes) is 8. The fourth-order valence-electron chi connectivity index (χ4n) is 1.64. The Labute approximate surface area is 123 Å². The normalized spacial score (nSPS) is 9.62. The zero-order valence-corrected chi connectivity index (χ0v) is 13.0. The molecule has 0 aromatic carbocycles. The van der Waals surface area contributed by atoms with Crippen LogP contribution < -0.4 is 35.5 Å². The fourth-order valence-corrected chi connectivity index (χ4v) is 1.64. The molecular formula is C12H26NNaO2. The van der Waals surface area contributed by atoms with Crippen LogP contribution in [0.4, 0.5) is 0 Å². The summed E-state index contributed by atoms with van der Waals surface area (Å²) in [5, 5.41) is 0. The molecule has 0 heterocycles. The third-order valence-electron chi connectivity index (χ3n) is 2.62. The van der Waals surface area contributed by atoms with Crippen LogP contribution in [0.15, 0.2) is 0 Å². The maximum Gasteiger partial charge on any atom is 1.00 e. The largest absolute Gasteiger partial charge is 1.00 e. The molecule has 0 saturated carbocycles. The van der Waals surface area contributed by atoms with Gasteiger partial charge < -0.3 is 6.26 Å². The zero-order chi connectivity index (χ0) is 11.4. The van der Waals surface area contributed by atoms with Crippen molar-refractivity contribution in [1.29, 1.82) is 0 Å². The number of hydrogen-bond donors (Lipinski definition) is 1. The van der Waals surface area contributed by atoms with Gasteiger partial charge in [-0.2, -0.15) is 5.90 Å². The monoisotopic (exact) mass is 239 g/mol. The molecule has 0 aromatic heterocycles. The average Bonchev–Trinajstić information content (AvgIpc) is 2.26. The summed E-state index contributed by atoms with van der Waals surface area (Å²) in [5.74, 6) is 4.44. The van der Waals surface area contributed by atoms with E-state index >= 15 is 0 Å². The second-order valence-electron chi connectivity index (χ2n) is 4.07. The van der Waals surface area contributed by atoms with Crippen LogP contribution in [0.3, 0.4) is 0 Å². The van der Waals surface area contributed by atoms with Gasteiger partial charge >= 0.3 is 35.5 Å². The molecule has 0 aromatic rings. The van der Waals surface area contributed by atoms with E-state index in [1.165, 1.54) is 44.9 Å². The molecule has 0 radical (unpaired) electrons. The Bertz CT molecular complexity index is 159. The minimum absolute atomic E-state index is 0. The number of rotatable bonds is 10. The summed E-state index contributed by atoms with van der Waals surface area (Å²) in [6, 6.07) is 0. The van der Waals surface area contributed by atoms with Gasteiger partial charge in [0, 0.05) is 6.42 Å². The van der Waals surface area contributed by atoms with Crippen molar-refractivity contribution >= 4 is 5.97 Å². The molecule has 0 aliphatic rings. The molecule has 3 nitrogen and oxygen atoms in total. The van der Waals surface area contributed by atoms with Crippen molar-refractivity contribution in [2.45, 2.75) is 71.1 Å². The topological polar surface area (TPSA) is 52.3 Å². The summed E-state index contributed by atoms with van der Waals surface area (Å²) in [4.78, 5) is 14.8. The van der Waals surface area contributed by atoms with Crippen LogP contribution >= 0.6 is 0 Å². The second kappa shape index (κ2) is 15.4. The van der Waals surface area contributed by atoms with Crippen molar-refractivity contribution in [2.24, 2.45) is 5.90 Å².